The summed E-state index contributed by atoms with van der Waals surface area (Å²) >= 11 is 1.43. The maximum Gasteiger partial charge on any atom is 0.155 e. The van der Waals surface area contributed by atoms with E-state index in [1.54, 1.807) is 6.20 Å². The quantitative estimate of drug-likeness (QED) is 0.342. The van der Waals surface area contributed by atoms with Gasteiger partial charge < -0.3 is 11.1 Å². The first kappa shape index (κ1) is 8.36. The summed E-state index contributed by atoms with van der Waals surface area (Å²) in [6.45, 7) is 3.97. The molecule has 4 heteroatoms. The molecule has 0 radical (unpaired) electrons. The zero-order valence-corrected chi connectivity index (χ0v) is 6.24. The van der Waals surface area contributed by atoms with Crippen LogP contribution in [0.1, 0.15) is 0 Å². The van der Waals surface area contributed by atoms with Gasteiger partial charge in [-0.3, -0.25) is 0 Å². The lowest BCUT2D eigenvalue weighted by atomic mass is 10.9. The van der Waals surface area contributed by atoms with Crippen LogP contribution in [0.15, 0.2) is 17.8 Å². The monoisotopic (exact) mass is 145 g/mol. The fourth-order valence-electron chi connectivity index (χ4n) is 0.253. The fraction of sp³-hybridized carbons (Fsp3) is 0.400. The molecular weight excluding hydrogens is 134 g/mol. The largest absolute Gasteiger partial charge is 0.378 e. The minimum atomic E-state index is 0.510. The third kappa shape index (κ3) is 5.23. The van der Waals surface area contributed by atoms with Gasteiger partial charge in [0.25, 0.3) is 0 Å². The average Bonchev–Trinajstić information content (AvgIpc) is 1.89. The van der Waals surface area contributed by atoms with Crippen molar-refractivity contribution >= 4 is 16.9 Å². The molecule has 0 aliphatic heterocycles. The number of thioether (sulfide) groups is 1. The molecule has 52 valence electrons. The van der Waals surface area contributed by atoms with Gasteiger partial charge in [-0.05, 0) is 12.5 Å². The third-order valence-electron chi connectivity index (χ3n) is 0.680. The molecule has 0 heterocycles. The van der Waals surface area contributed by atoms with Crippen LogP contribution in [0.3, 0.4) is 0 Å². The van der Waals surface area contributed by atoms with Crippen molar-refractivity contribution in [3.05, 3.63) is 12.8 Å². The van der Waals surface area contributed by atoms with E-state index < -0.39 is 0 Å². The molecule has 3 nitrogen and oxygen atoms in total. The Labute approximate surface area is 59.4 Å². The maximum absolute atomic E-state index is 5.35. The Hall–Kier alpha value is -0.640. The number of rotatable bonds is 3. The Morgan fingerprint density at radius 2 is 2.67 bits per heavy atom. The highest BCUT2D eigenvalue weighted by Crippen LogP contribution is 1.88. The molecule has 0 unspecified atom stereocenters. The first-order valence-corrected chi connectivity index (χ1v) is 3.72. The Morgan fingerprint density at radius 1 is 2.00 bits per heavy atom. The number of nitrogens with zero attached hydrogens (tertiary/aromatic N) is 1. The lowest BCUT2D eigenvalue weighted by Crippen LogP contribution is -2.11. The molecule has 0 rings (SSSR count). The molecular formula is C5H11N3S. The van der Waals surface area contributed by atoms with Gasteiger partial charge in [-0.25, -0.2) is 4.99 Å². The van der Waals surface area contributed by atoms with E-state index in [4.69, 9.17) is 5.73 Å². The van der Waals surface area contributed by atoms with Crippen molar-refractivity contribution in [2.75, 3.05) is 12.9 Å². The highest BCUT2D eigenvalue weighted by molar-refractivity contribution is 8.13. The molecule has 0 aromatic heterocycles. The van der Waals surface area contributed by atoms with Gasteiger partial charge in [0, 0.05) is 0 Å². The normalized spacial score (nSPS) is 11.0. The van der Waals surface area contributed by atoms with E-state index in [1.807, 2.05) is 6.26 Å². The molecule has 0 aromatic carbocycles. The molecule has 0 aliphatic rings. The van der Waals surface area contributed by atoms with Crippen molar-refractivity contribution in [3.63, 3.8) is 0 Å². The van der Waals surface area contributed by atoms with Crippen LogP contribution in [0, 0.1) is 0 Å². The molecule has 0 amide bonds. The Kier molecular flexibility index (Phi) is 5.11. The first-order valence-electron chi connectivity index (χ1n) is 2.49. The zero-order valence-electron chi connectivity index (χ0n) is 5.42. The number of hydrogen-bond acceptors (Lipinski definition) is 3. The topological polar surface area (TPSA) is 50.4 Å². The lowest BCUT2D eigenvalue weighted by Gasteiger charge is -1.94. The molecule has 3 N–H and O–H groups in total. The third-order valence-corrected chi connectivity index (χ3v) is 1.23. The number of nitrogens with two attached hydrogens (primary N) is 1. The second-order valence-electron chi connectivity index (χ2n) is 1.27. The highest BCUT2D eigenvalue weighted by Gasteiger charge is 1.81. The highest BCUT2D eigenvalue weighted by atomic mass is 32.2. The molecule has 0 bridgehead atoms. The van der Waals surface area contributed by atoms with E-state index >= 15 is 0 Å². The van der Waals surface area contributed by atoms with Crippen LogP contribution in [-0.4, -0.2) is 18.1 Å². The van der Waals surface area contributed by atoms with Crippen molar-refractivity contribution in [1.82, 2.24) is 5.32 Å². The summed E-state index contributed by atoms with van der Waals surface area (Å²) in [5.74, 6) is 0. The van der Waals surface area contributed by atoms with E-state index in [0.29, 0.717) is 11.8 Å². The minimum absolute atomic E-state index is 0.510. The standard InChI is InChI=1S/C5H11N3S/c1-3-7-4-8-5(6)9-2/h3,7H,1,4H2,2H3,(H2,6,8). The predicted octanol–water partition coefficient (Wildman–Crippen LogP) is 0.355. The summed E-state index contributed by atoms with van der Waals surface area (Å²) in [6, 6.07) is 0. The van der Waals surface area contributed by atoms with Crippen LogP contribution in [0.25, 0.3) is 0 Å². The van der Waals surface area contributed by atoms with Gasteiger partial charge in [0.1, 0.15) is 6.67 Å². The molecule has 0 saturated heterocycles. The van der Waals surface area contributed by atoms with E-state index in [2.05, 4.69) is 16.9 Å². The number of nitrogens with one attached hydrogen (secondary N) is 1. The number of amidine groups is 1. The molecule has 0 aliphatic carbocycles. The van der Waals surface area contributed by atoms with E-state index in [-0.39, 0.29) is 0 Å². The van der Waals surface area contributed by atoms with Gasteiger partial charge in [0.2, 0.25) is 0 Å². The SMILES string of the molecule is C=CNCN=C(N)SC. The summed E-state index contributed by atoms with van der Waals surface area (Å²) < 4.78 is 0. The second-order valence-corrected chi connectivity index (χ2v) is 2.09. The molecule has 9 heavy (non-hydrogen) atoms. The van der Waals surface area contributed by atoms with Crippen LogP contribution >= 0.6 is 11.8 Å². The second kappa shape index (κ2) is 5.50. The summed E-state index contributed by atoms with van der Waals surface area (Å²) in [6.07, 6.45) is 3.46. The first-order chi connectivity index (χ1) is 4.31. The summed E-state index contributed by atoms with van der Waals surface area (Å²) in [5.41, 5.74) is 5.35. The Balaban J connectivity index is 3.31. The molecule has 0 fully saturated rings. The molecule has 0 atom stereocenters. The van der Waals surface area contributed by atoms with Gasteiger partial charge in [0.15, 0.2) is 5.17 Å². The number of aliphatic imine (C=N–C) groups is 1. The average molecular weight is 145 g/mol. The van der Waals surface area contributed by atoms with Crippen LogP contribution in [0.5, 0.6) is 0 Å². The predicted molar refractivity (Wildman–Crippen MR) is 43.3 cm³/mol. The van der Waals surface area contributed by atoms with E-state index in [9.17, 15) is 0 Å². The van der Waals surface area contributed by atoms with Crippen molar-refractivity contribution in [2.24, 2.45) is 10.7 Å². The van der Waals surface area contributed by atoms with Crippen molar-refractivity contribution in [2.45, 2.75) is 0 Å². The smallest absolute Gasteiger partial charge is 0.155 e. The zero-order chi connectivity index (χ0) is 7.11. The fourth-order valence-corrected chi connectivity index (χ4v) is 0.446. The maximum atomic E-state index is 5.35. The van der Waals surface area contributed by atoms with E-state index in [1.165, 1.54) is 11.8 Å². The van der Waals surface area contributed by atoms with Gasteiger partial charge in [-0.1, -0.05) is 18.3 Å². The summed E-state index contributed by atoms with van der Waals surface area (Å²) in [4.78, 5) is 3.91. The summed E-state index contributed by atoms with van der Waals surface area (Å²) in [5, 5.41) is 3.38. The minimum Gasteiger partial charge on any atom is -0.378 e. The van der Waals surface area contributed by atoms with E-state index in [0.717, 1.165) is 0 Å². The number of hydrogen-bond donors (Lipinski definition) is 2. The van der Waals surface area contributed by atoms with Crippen LogP contribution in [-0.2, 0) is 0 Å². The summed E-state index contributed by atoms with van der Waals surface area (Å²) in [7, 11) is 0. The molecule has 0 spiro atoms. The van der Waals surface area contributed by atoms with Crippen molar-refractivity contribution < 1.29 is 0 Å². The Bertz CT molecular complexity index is 111. The van der Waals surface area contributed by atoms with Crippen LogP contribution in [0.2, 0.25) is 0 Å². The lowest BCUT2D eigenvalue weighted by molar-refractivity contribution is 0.888. The van der Waals surface area contributed by atoms with Gasteiger partial charge in [0.05, 0.1) is 0 Å². The molecule has 0 saturated carbocycles. The van der Waals surface area contributed by atoms with Crippen LogP contribution < -0.4 is 11.1 Å². The van der Waals surface area contributed by atoms with Crippen LogP contribution in [0.4, 0.5) is 0 Å². The van der Waals surface area contributed by atoms with Crippen molar-refractivity contribution in [3.8, 4) is 0 Å². The molecule has 0 aromatic rings. The van der Waals surface area contributed by atoms with Crippen molar-refractivity contribution in [1.29, 1.82) is 0 Å². The van der Waals surface area contributed by atoms with Gasteiger partial charge in [-0.2, -0.15) is 0 Å². The van der Waals surface area contributed by atoms with Gasteiger partial charge in [-0.15, -0.1) is 0 Å². The van der Waals surface area contributed by atoms with Gasteiger partial charge >= 0.3 is 0 Å². The Morgan fingerprint density at radius 3 is 3.11 bits per heavy atom.